The van der Waals surface area contributed by atoms with Crippen molar-refractivity contribution in [2.24, 2.45) is 17.8 Å². The molecule has 5 atom stereocenters. The van der Waals surface area contributed by atoms with Gasteiger partial charge in [0.2, 0.25) is 0 Å². The van der Waals surface area contributed by atoms with Crippen LogP contribution in [0.5, 0.6) is 0 Å². The van der Waals surface area contributed by atoms with Gasteiger partial charge in [0.1, 0.15) is 0 Å². The van der Waals surface area contributed by atoms with E-state index in [9.17, 15) is 15.0 Å². The highest BCUT2D eigenvalue weighted by atomic mass is 16.4. The van der Waals surface area contributed by atoms with E-state index in [1.54, 1.807) is 0 Å². The second kappa shape index (κ2) is 9.70. The monoisotopic (exact) mass is 364 g/mol. The largest absolute Gasteiger partial charge is 0.481 e. The minimum atomic E-state index is -0.793. The molecule has 0 radical (unpaired) electrons. The number of aliphatic hydroxyl groups is 2. The number of carbonyl (C=O) groups is 1. The lowest BCUT2D eigenvalue weighted by molar-refractivity contribution is -0.137. The van der Waals surface area contributed by atoms with Gasteiger partial charge in [-0.15, -0.1) is 0 Å². The number of aliphatic hydroxyl groups excluding tert-OH is 1. The van der Waals surface area contributed by atoms with Crippen LogP contribution in [0.4, 0.5) is 0 Å². The zero-order chi connectivity index (χ0) is 19.2. The molecule has 4 nitrogen and oxygen atoms in total. The van der Waals surface area contributed by atoms with E-state index in [0.717, 1.165) is 57.8 Å². The fourth-order valence-electron chi connectivity index (χ4n) is 4.55. The molecule has 0 heterocycles. The molecule has 0 aliphatic heterocycles. The average Bonchev–Trinajstić information content (AvgIpc) is 3.06. The molecule has 0 amide bonds. The minimum Gasteiger partial charge on any atom is -0.481 e. The van der Waals surface area contributed by atoms with Crippen LogP contribution in [0.2, 0.25) is 0 Å². The fraction of sp³-hybridized carbons (Fsp3) is 0.773. The Morgan fingerprint density at radius 2 is 2.08 bits per heavy atom. The number of hydrogen-bond acceptors (Lipinski definition) is 3. The normalized spacial score (nSPS) is 30.4. The molecule has 0 aromatic carbocycles. The van der Waals surface area contributed by atoms with Gasteiger partial charge in [-0.25, -0.2) is 0 Å². The van der Waals surface area contributed by atoms with Crippen molar-refractivity contribution in [3.05, 3.63) is 23.8 Å². The van der Waals surface area contributed by atoms with Gasteiger partial charge in [-0.2, -0.15) is 0 Å². The molecule has 2 aliphatic rings. The maximum Gasteiger partial charge on any atom is 0.303 e. The van der Waals surface area contributed by atoms with Crippen molar-refractivity contribution in [2.75, 3.05) is 0 Å². The molecule has 1 fully saturated rings. The van der Waals surface area contributed by atoms with E-state index >= 15 is 0 Å². The molecule has 26 heavy (non-hydrogen) atoms. The number of aliphatic carboxylic acids is 1. The van der Waals surface area contributed by atoms with Crippen molar-refractivity contribution in [2.45, 2.75) is 89.8 Å². The molecule has 4 heteroatoms. The number of rotatable bonds is 11. The molecule has 0 saturated heterocycles. The van der Waals surface area contributed by atoms with Crippen LogP contribution in [0.1, 0.15) is 78.1 Å². The summed E-state index contributed by atoms with van der Waals surface area (Å²) in [4.78, 5) is 10.6. The van der Waals surface area contributed by atoms with Crippen LogP contribution >= 0.6 is 0 Å². The highest BCUT2D eigenvalue weighted by molar-refractivity contribution is 5.66. The molecule has 0 unspecified atom stereocenters. The maximum absolute atomic E-state index is 10.6. The lowest BCUT2D eigenvalue weighted by atomic mass is 9.87. The summed E-state index contributed by atoms with van der Waals surface area (Å²) in [6.45, 7) is 4.02. The van der Waals surface area contributed by atoms with Crippen LogP contribution in [0.15, 0.2) is 23.8 Å². The van der Waals surface area contributed by atoms with Crippen molar-refractivity contribution in [3.8, 4) is 0 Å². The lowest BCUT2D eigenvalue weighted by Crippen LogP contribution is -2.23. The Morgan fingerprint density at radius 1 is 1.31 bits per heavy atom. The van der Waals surface area contributed by atoms with Gasteiger partial charge in [0.15, 0.2) is 0 Å². The first-order chi connectivity index (χ1) is 12.3. The predicted molar refractivity (Wildman–Crippen MR) is 104 cm³/mol. The van der Waals surface area contributed by atoms with Crippen molar-refractivity contribution in [3.63, 3.8) is 0 Å². The summed E-state index contributed by atoms with van der Waals surface area (Å²) < 4.78 is 0. The van der Waals surface area contributed by atoms with Gasteiger partial charge in [0, 0.05) is 12.3 Å². The molecule has 0 aromatic rings. The van der Waals surface area contributed by atoms with E-state index in [4.69, 9.17) is 5.11 Å². The summed E-state index contributed by atoms with van der Waals surface area (Å²) in [5, 5.41) is 29.7. The second-order valence-electron chi connectivity index (χ2n) is 8.51. The molecule has 0 aromatic heterocycles. The number of hydrogen-bond donors (Lipinski definition) is 3. The second-order valence-corrected chi connectivity index (χ2v) is 8.51. The number of unbranched alkanes of at least 4 members (excludes halogenated alkanes) is 3. The Bertz CT molecular complexity index is 520. The van der Waals surface area contributed by atoms with Crippen LogP contribution in [0.25, 0.3) is 0 Å². The van der Waals surface area contributed by atoms with Gasteiger partial charge in [0.25, 0.3) is 0 Å². The van der Waals surface area contributed by atoms with Crippen LogP contribution in [-0.2, 0) is 4.79 Å². The van der Waals surface area contributed by atoms with Crippen LogP contribution in [0.3, 0.4) is 0 Å². The standard InChI is InChI=1S/C22H36O4/c1-3-4-7-11-22(2,26)12-10-18-19-14-16(8-5-6-9-21(24)25)13-17(19)15-20(18)23/h10,12-13,17-20,23,26H,3-9,11,14-15H2,1-2H3,(H,24,25)/b12-10+/t17-,18+,19-,20+,22-/m0/s1. The molecular formula is C22H36O4. The Hall–Kier alpha value is -1.13. The number of carboxylic acids is 1. The van der Waals surface area contributed by atoms with Crippen molar-refractivity contribution in [1.29, 1.82) is 0 Å². The first kappa shape index (κ1) is 21.2. The topological polar surface area (TPSA) is 77.8 Å². The summed E-state index contributed by atoms with van der Waals surface area (Å²) in [7, 11) is 0. The SMILES string of the molecule is CCCCC[C@](C)(O)/C=C/[C@@H]1[C@H]2CC(CCCCC(=O)O)=C[C@H]2C[C@H]1O. The van der Waals surface area contributed by atoms with Crippen molar-refractivity contribution >= 4 is 5.97 Å². The zero-order valence-electron chi connectivity index (χ0n) is 16.4. The van der Waals surface area contributed by atoms with Gasteiger partial charge >= 0.3 is 5.97 Å². The van der Waals surface area contributed by atoms with E-state index in [1.165, 1.54) is 5.57 Å². The Balaban J connectivity index is 1.85. The highest BCUT2D eigenvalue weighted by Gasteiger charge is 2.43. The number of allylic oxidation sites excluding steroid dienone is 2. The van der Waals surface area contributed by atoms with E-state index in [2.05, 4.69) is 19.1 Å². The number of carboxylic acid groups (broad SMARTS) is 1. The van der Waals surface area contributed by atoms with Gasteiger partial charge in [-0.3, -0.25) is 4.79 Å². The molecular weight excluding hydrogens is 328 g/mol. The Kier molecular flexibility index (Phi) is 7.90. The quantitative estimate of drug-likeness (QED) is 0.373. The summed E-state index contributed by atoms with van der Waals surface area (Å²) in [5.41, 5.74) is 0.629. The first-order valence-electron chi connectivity index (χ1n) is 10.3. The van der Waals surface area contributed by atoms with E-state index < -0.39 is 11.6 Å². The molecule has 148 valence electrons. The lowest BCUT2D eigenvalue weighted by Gasteiger charge is -2.22. The third kappa shape index (κ3) is 6.24. The number of fused-ring (bicyclic) bond motifs is 1. The molecule has 1 saturated carbocycles. The fourth-order valence-corrected chi connectivity index (χ4v) is 4.55. The van der Waals surface area contributed by atoms with Gasteiger partial charge < -0.3 is 15.3 Å². The molecule has 2 aliphatic carbocycles. The van der Waals surface area contributed by atoms with E-state index in [1.807, 2.05) is 13.0 Å². The van der Waals surface area contributed by atoms with Crippen LogP contribution in [-0.4, -0.2) is 33.0 Å². The Labute approximate surface area is 158 Å². The highest BCUT2D eigenvalue weighted by Crippen LogP contribution is 2.48. The van der Waals surface area contributed by atoms with Crippen molar-refractivity contribution < 1.29 is 20.1 Å². The summed E-state index contributed by atoms with van der Waals surface area (Å²) in [6.07, 6.45) is 14.7. The Morgan fingerprint density at radius 3 is 2.77 bits per heavy atom. The van der Waals surface area contributed by atoms with Crippen LogP contribution < -0.4 is 0 Å². The minimum absolute atomic E-state index is 0.116. The van der Waals surface area contributed by atoms with Crippen LogP contribution in [0, 0.1) is 17.8 Å². The van der Waals surface area contributed by atoms with Gasteiger partial charge in [-0.05, 0) is 57.3 Å². The molecule has 0 spiro atoms. The molecule has 0 bridgehead atoms. The van der Waals surface area contributed by atoms with Gasteiger partial charge in [-0.1, -0.05) is 50.0 Å². The zero-order valence-corrected chi connectivity index (χ0v) is 16.4. The first-order valence-corrected chi connectivity index (χ1v) is 10.3. The third-order valence-electron chi connectivity index (χ3n) is 6.05. The molecule has 3 N–H and O–H groups in total. The summed E-state index contributed by atoms with van der Waals surface area (Å²) in [6, 6.07) is 0. The smallest absolute Gasteiger partial charge is 0.303 e. The third-order valence-corrected chi connectivity index (χ3v) is 6.05. The average molecular weight is 365 g/mol. The summed E-state index contributed by atoms with van der Waals surface area (Å²) in [5.74, 6) is 0.258. The van der Waals surface area contributed by atoms with E-state index in [0.29, 0.717) is 11.8 Å². The summed E-state index contributed by atoms with van der Waals surface area (Å²) >= 11 is 0. The van der Waals surface area contributed by atoms with Crippen molar-refractivity contribution in [1.82, 2.24) is 0 Å². The molecule has 2 rings (SSSR count). The maximum atomic E-state index is 10.6. The van der Waals surface area contributed by atoms with Gasteiger partial charge in [0.05, 0.1) is 11.7 Å². The van der Waals surface area contributed by atoms with E-state index in [-0.39, 0.29) is 18.4 Å². The predicted octanol–water partition coefficient (Wildman–Crippen LogP) is 4.46.